The summed E-state index contributed by atoms with van der Waals surface area (Å²) in [5.41, 5.74) is 3.90. The van der Waals surface area contributed by atoms with Gasteiger partial charge in [0.25, 0.3) is 11.7 Å². The van der Waals surface area contributed by atoms with Gasteiger partial charge in [-0.15, -0.1) is 0 Å². The van der Waals surface area contributed by atoms with E-state index in [0.29, 0.717) is 28.6 Å². The molecule has 148 valence electrons. The Kier molecular flexibility index (Phi) is 5.02. The monoisotopic (exact) mass is 409 g/mol. The SMILES string of the molecule is Cc1nn(C)cc1C[C@@H](C)NC(=O)c1cc(-c2ccc(Cl)cc2)nc2ncnn12. The minimum absolute atomic E-state index is 0.0869. The van der Waals surface area contributed by atoms with Gasteiger partial charge in [0.2, 0.25) is 0 Å². The maximum atomic E-state index is 13.0. The van der Waals surface area contributed by atoms with Gasteiger partial charge in [0.05, 0.1) is 11.4 Å². The molecule has 1 atom stereocenters. The lowest BCUT2D eigenvalue weighted by atomic mass is 10.1. The van der Waals surface area contributed by atoms with E-state index >= 15 is 0 Å². The Morgan fingerprint density at radius 1 is 1.28 bits per heavy atom. The first-order valence-corrected chi connectivity index (χ1v) is 9.55. The third kappa shape index (κ3) is 3.97. The fraction of sp³-hybridized carbons (Fsp3) is 0.250. The van der Waals surface area contributed by atoms with Gasteiger partial charge in [0.1, 0.15) is 12.0 Å². The molecule has 0 bridgehead atoms. The summed E-state index contributed by atoms with van der Waals surface area (Å²) in [7, 11) is 1.89. The molecule has 0 unspecified atom stereocenters. The number of carbonyl (C=O) groups is 1. The van der Waals surface area contributed by atoms with Crippen molar-refractivity contribution < 1.29 is 4.79 Å². The van der Waals surface area contributed by atoms with Crippen molar-refractivity contribution in [2.24, 2.45) is 7.05 Å². The van der Waals surface area contributed by atoms with Gasteiger partial charge in [0.15, 0.2) is 0 Å². The molecule has 8 nitrogen and oxygen atoms in total. The first kappa shape index (κ1) is 19.1. The molecule has 1 amide bonds. The van der Waals surface area contributed by atoms with E-state index in [1.54, 1.807) is 22.9 Å². The second kappa shape index (κ2) is 7.63. The molecule has 4 aromatic rings. The molecule has 0 saturated carbocycles. The Bertz CT molecular complexity index is 1180. The highest BCUT2D eigenvalue weighted by atomic mass is 35.5. The largest absolute Gasteiger partial charge is 0.348 e. The van der Waals surface area contributed by atoms with Crippen LogP contribution < -0.4 is 5.32 Å². The van der Waals surface area contributed by atoms with Gasteiger partial charge in [-0.05, 0) is 44.0 Å². The Morgan fingerprint density at radius 3 is 2.72 bits per heavy atom. The standard InChI is InChI=1S/C20H20ClN7O/c1-12(8-15-10-27(3)26-13(15)2)24-19(29)18-9-17(14-4-6-16(21)7-5-14)25-20-22-11-23-28(18)20/h4-7,9-12H,8H2,1-3H3,(H,24,29)/t12-/m1/s1. The smallest absolute Gasteiger partial charge is 0.270 e. The lowest BCUT2D eigenvalue weighted by molar-refractivity contribution is 0.0932. The molecule has 0 radical (unpaired) electrons. The van der Waals surface area contributed by atoms with Gasteiger partial charge in [-0.2, -0.15) is 19.7 Å². The first-order valence-electron chi connectivity index (χ1n) is 9.17. The van der Waals surface area contributed by atoms with Crippen molar-refractivity contribution >= 4 is 23.3 Å². The number of nitrogens with one attached hydrogen (secondary N) is 1. The van der Waals surface area contributed by atoms with E-state index in [0.717, 1.165) is 16.8 Å². The molecular formula is C20H20ClN7O. The van der Waals surface area contributed by atoms with E-state index in [4.69, 9.17) is 11.6 Å². The van der Waals surface area contributed by atoms with E-state index < -0.39 is 0 Å². The van der Waals surface area contributed by atoms with Crippen LogP contribution in [0.25, 0.3) is 17.0 Å². The first-order chi connectivity index (χ1) is 13.9. The van der Waals surface area contributed by atoms with Crippen molar-refractivity contribution in [3.63, 3.8) is 0 Å². The predicted octanol–water partition coefficient (Wildman–Crippen LogP) is 2.85. The van der Waals surface area contributed by atoms with Crippen LogP contribution in [-0.2, 0) is 13.5 Å². The normalized spacial score (nSPS) is 12.3. The van der Waals surface area contributed by atoms with Crippen molar-refractivity contribution in [3.05, 3.63) is 64.8 Å². The molecule has 0 saturated heterocycles. The summed E-state index contributed by atoms with van der Waals surface area (Å²) >= 11 is 5.98. The molecule has 3 heterocycles. The summed E-state index contributed by atoms with van der Waals surface area (Å²) in [5, 5.41) is 12.2. The van der Waals surface area contributed by atoms with E-state index in [2.05, 4.69) is 25.5 Å². The van der Waals surface area contributed by atoms with Crippen LogP contribution >= 0.6 is 11.6 Å². The highest BCUT2D eigenvalue weighted by Crippen LogP contribution is 2.21. The van der Waals surface area contributed by atoms with Gasteiger partial charge in [-0.25, -0.2) is 4.98 Å². The number of aromatic nitrogens is 6. The van der Waals surface area contributed by atoms with Crippen molar-refractivity contribution in [1.29, 1.82) is 0 Å². The molecule has 1 N–H and O–H groups in total. The fourth-order valence-electron chi connectivity index (χ4n) is 3.27. The number of fused-ring (bicyclic) bond motifs is 1. The number of carbonyl (C=O) groups excluding carboxylic acids is 1. The fourth-order valence-corrected chi connectivity index (χ4v) is 3.40. The molecule has 1 aromatic carbocycles. The zero-order valence-corrected chi connectivity index (χ0v) is 17.1. The number of nitrogens with zero attached hydrogens (tertiary/aromatic N) is 6. The number of benzene rings is 1. The Hall–Kier alpha value is -3.26. The minimum Gasteiger partial charge on any atom is -0.348 e. The lowest BCUT2D eigenvalue weighted by Crippen LogP contribution is -2.35. The zero-order valence-electron chi connectivity index (χ0n) is 16.3. The number of aryl methyl sites for hydroxylation is 2. The van der Waals surface area contributed by atoms with Crippen molar-refractivity contribution in [3.8, 4) is 11.3 Å². The molecule has 0 aliphatic rings. The quantitative estimate of drug-likeness (QED) is 0.547. The van der Waals surface area contributed by atoms with Gasteiger partial charge < -0.3 is 5.32 Å². The van der Waals surface area contributed by atoms with Crippen LogP contribution in [-0.4, -0.2) is 41.3 Å². The van der Waals surface area contributed by atoms with Crippen LogP contribution in [0.2, 0.25) is 5.02 Å². The van der Waals surface area contributed by atoms with Crippen LogP contribution in [0.15, 0.2) is 42.9 Å². The van der Waals surface area contributed by atoms with Gasteiger partial charge in [-0.1, -0.05) is 23.7 Å². The van der Waals surface area contributed by atoms with Crippen molar-refractivity contribution in [2.75, 3.05) is 0 Å². The maximum absolute atomic E-state index is 13.0. The highest BCUT2D eigenvalue weighted by Gasteiger charge is 2.18. The summed E-state index contributed by atoms with van der Waals surface area (Å²) in [4.78, 5) is 21.7. The molecule has 9 heteroatoms. The third-order valence-corrected chi connectivity index (χ3v) is 4.90. The molecule has 0 aliphatic carbocycles. The summed E-state index contributed by atoms with van der Waals surface area (Å²) in [6, 6.07) is 8.90. The number of amides is 1. The number of hydrogen-bond acceptors (Lipinski definition) is 5. The van der Waals surface area contributed by atoms with Crippen molar-refractivity contribution in [1.82, 2.24) is 34.7 Å². The summed E-state index contributed by atoms with van der Waals surface area (Å²) in [6.45, 7) is 3.92. The summed E-state index contributed by atoms with van der Waals surface area (Å²) in [6.07, 6.45) is 4.03. The molecule has 29 heavy (non-hydrogen) atoms. The van der Waals surface area contributed by atoms with Crippen LogP contribution in [0.1, 0.15) is 28.7 Å². The predicted molar refractivity (Wildman–Crippen MR) is 110 cm³/mol. The Balaban J connectivity index is 1.62. The molecular weight excluding hydrogens is 390 g/mol. The molecule has 4 rings (SSSR count). The summed E-state index contributed by atoms with van der Waals surface area (Å²) in [5.74, 6) is 0.116. The van der Waals surface area contributed by atoms with E-state index in [1.165, 1.54) is 10.8 Å². The zero-order chi connectivity index (χ0) is 20.5. The van der Waals surface area contributed by atoms with Crippen LogP contribution in [0.5, 0.6) is 0 Å². The maximum Gasteiger partial charge on any atom is 0.270 e. The highest BCUT2D eigenvalue weighted by molar-refractivity contribution is 6.30. The second-order valence-corrected chi connectivity index (χ2v) is 7.43. The van der Waals surface area contributed by atoms with Gasteiger partial charge in [-0.3, -0.25) is 9.48 Å². The number of hydrogen-bond donors (Lipinski definition) is 1. The molecule has 3 aromatic heterocycles. The van der Waals surface area contributed by atoms with Crippen LogP contribution in [0.3, 0.4) is 0 Å². The molecule has 0 spiro atoms. The van der Waals surface area contributed by atoms with E-state index in [-0.39, 0.29) is 11.9 Å². The van der Waals surface area contributed by atoms with E-state index in [9.17, 15) is 4.79 Å². The number of rotatable bonds is 5. The topological polar surface area (TPSA) is 90.0 Å². The van der Waals surface area contributed by atoms with Crippen molar-refractivity contribution in [2.45, 2.75) is 26.3 Å². The Morgan fingerprint density at radius 2 is 2.03 bits per heavy atom. The molecule has 0 fully saturated rings. The third-order valence-electron chi connectivity index (χ3n) is 4.64. The Labute approximate surface area is 172 Å². The van der Waals surface area contributed by atoms with Crippen LogP contribution in [0, 0.1) is 6.92 Å². The minimum atomic E-state index is -0.243. The average molecular weight is 410 g/mol. The summed E-state index contributed by atoms with van der Waals surface area (Å²) < 4.78 is 3.22. The van der Waals surface area contributed by atoms with E-state index in [1.807, 2.05) is 39.2 Å². The van der Waals surface area contributed by atoms with Crippen LogP contribution in [0.4, 0.5) is 0 Å². The average Bonchev–Trinajstić information content (AvgIpc) is 3.27. The molecule has 0 aliphatic heterocycles. The van der Waals surface area contributed by atoms with Gasteiger partial charge >= 0.3 is 0 Å². The lowest BCUT2D eigenvalue weighted by Gasteiger charge is -2.14. The van der Waals surface area contributed by atoms with Gasteiger partial charge in [0, 0.05) is 29.9 Å². The number of halogens is 1. The second-order valence-electron chi connectivity index (χ2n) is 7.00.